The molecule has 0 radical (unpaired) electrons. The van der Waals surface area contributed by atoms with Crippen LogP contribution in [0.25, 0.3) is 0 Å². The van der Waals surface area contributed by atoms with Crippen molar-refractivity contribution >= 4 is 12.1 Å². The Bertz CT molecular complexity index is 503. The summed E-state index contributed by atoms with van der Waals surface area (Å²) < 4.78 is 6.86. The van der Waals surface area contributed by atoms with Gasteiger partial charge in [-0.25, -0.2) is 4.79 Å². The number of nitrogens with zero attached hydrogens (tertiary/aromatic N) is 2. The van der Waals surface area contributed by atoms with Crippen molar-refractivity contribution in [2.45, 2.75) is 58.7 Å². The van der Waals surface area contributed by atoms with Crippen LogP contribution in [0.4, 0.5) is 4.79 Å². The van der Waals surface area contributed by atoms with Gasteiger partial charge in [0.25, 0.3) is 0 Å². The van der Waals surface area contributed by atoms with E-state index in [4.69, 9.17) is 9.84 Å². The van der Waals surface area contributed by atoms with Crippen molar-refractivity contribution in [1.29, 1.82) is 0 Å². The van der Waals surface area contributed by atoms with E-state index in [9.17, 15) is 9.59 Å². The number of hydrogen-bond acceptors (Lipinski definition) is 4. The third kappa shape index (κ3) is 5.45. The Balaban J connectivity index is 2.93. The molecule has 0 aliphatic rings. The van der Waals surface area contributed by atoms with Crippen molar-refractivity contribution in [2.24, 2.45) is 0 Å². The van der Waals surface area contributed by atoms with Gasteiger partial charge < -0.3 is 15.2 Å². The molecule has 0 fully saturated rings. The van der Waals surface area contributed by atoms with Crippen molar-refractivity contribution in [1.82, 2.24) is 15.1 Å². The van der Waals surface area contributed by atoms with Gasteiger partial charge in [-0.3, -0.25) is 9.48 Å². The molecule has 7 heteroatoms. The average Bonchev–Trinajstić information content (AvgIpc) is 2.73. The molecule has 0 aliphatic heterocycles. The quantitative estimate of drug-likeness (QED) is 0.871. The molecule has 1 rings (SSSR count). The average molecular weight is 297 g/mol. The standard InChI is InChI=1S/C14H23N3O4/c1-9(2)17-11(6-7-15-17)10(8-12(18)19)16-13(20)21-14(3,4)5/h6-7,9-10H,8H2,1-5H3,(H,16,20)(H,18,19)/t10-/m0/s1. The smallest absolute Gasteiger partial charge is 0.408 e. The summed E-state index contributed by atoms with van der Waals surface area (Å²) in [7, 11) is 0. The topological polar surface area (TPSA) is 93.5 Å². The van der Waals surface area contributed by atoms with Gasteiger partial charge in [-0.2, -0.15) is 5.10 Å². The third-order valence-corrected chi connectivity index (χ3v) is 2.62. The van der Waals surface area contributed by atoms with E-state index in [2.05, 4.69) is 10.4 Å². The first-order valence-electron chi connectivity index (χ1n) is 6.85. The second-order valence-corrected chi connectivity index (χ2v) is 6.09. The van der Waals surface area contributed by atoms with Crippen LogP contribution in [-0.4, -0.2) is 32.6 Å². The number of carbonyl (C=O) groups is 2. The van der Waals surface area contributed by atoms with Crippen LogP contribution in [0.2, 0.25) is 0 Å². The second kappa shape index (κ2) is 6.60. The number of aliphatic carboxylic acids is 1. The summed E-state index contributed by atoms with van der Waals surface area (Å²) in [5.41, 5.74) is -0.00543. The Kier molecular flexibility index (Phi) is 5.34. The van der Waals surface area contributed by atoms with Gasteiger partial charge >= 0.3 is 12.1 Å². The second-order valence-electron chi connectivity index (χ2n) is 6.09. The van der Waals surface area contributed by atoms with Gasteiger partial charge in [-0.15, -0.1) is 0 Å². The zero-order chi connectivity index (χ0) is 16.2. The summed E-state index contributed by atoms with van der Waals surface area (Å²) in [6.45, 7) is 9.11. The van der Waals surface area contributed by atoms with Gasteiger partial charge in [0.05, 0.1) is 18.2 Å². The lowest BCUT2D eigenvalue weighted by Crippen LogP contribution is -2.36. The van der Waals surface area contributed by atoms with Gasteiger partial charge in [-0.1, -0.05) is 0 Å². The van der Waals surface area contributed by atoms with Crippen molar-refractivity contribution in [3.8, 4) is 0 Å². The molecule has 0 bridgehead atoms. The molecule has 0 saturated heterocycles. The van der Waals surface area contributed by atoms with Gasteiger partial charge in [0.1, 0.15) is 5.60 Å². The van der Waals surface area contributed by atoms with Crippen molar-refractivity contribution in [2.75, 3.05) is 0 Å². The number of aromatic nitrogens is 2. The minimum atomic E-state index is -1.01. The first kappa shape index (κ1) is 17.0. The Morgan fingerprint density at radius 3 is 2.52 bits per heavy atom. The normalized spacial score (nSPS) is 13.0. The number of alkyl carbamates (subject to hydrolysis) is 1. The van der Waals surface area contributed by atoms with E-state index >= 15 is 0 Å². The maximum atomic E-state index is 11.9. The number of carbonyl (C=O) groups excluding carboxylic acids is 1. The van der Waals surface area contributed by atoms with Gasteiger partial charge in [0.15, 0.2) is 0 Å². The molecule has 1 heterocycles. The van der Waals surface area contributed by atoms with Crippen LogP contribution in [0, 0.1) is 0 Å². The summed E-state index contributed by atoms with van der Waals surface area (Å²) in [4.78, 5) is 22.9. The van der Waals surface area contributed by atoms with E-state index in [0.717, 1.165) is 0 Å². The lowest BCUT2D eigenvalue weighted by atomic mass is 10.1. The minimum absolute atomic E-state index is 0.0618. The monoisotopic (exact) mass is 297 g/mol. The lowest BCUT2D eigenvalue weighted by molar-refractivity contribution is -0.137. The Morgan fingerprint density at radius 2 is 2.05 bits per heavy atom. The molecule has 0 aromatic carbocycles. The molecule has 1 aromatic heterocycles. The first-order chi connectivity index (χ1) is 9.60. The zero-order valence-electron chi connectivity index (χ0n) is 13.1. The number of carboxylic acids is 1. The third-order valence-electron chi connectivity index (χ3n) is 2.62. The first-order valence-corrected chi connectivity index (χ1v) is 6.85. The van der Waals surface area contributed by atoms with E-state index in [1.807, 2.05) is 13.8 Å². The maximum Gasteiger partial charge on any atom is 0.408 e. The van der Waals surface area contributed by atoms with Gasteiger partial charge in [0, 0.05) is 12.2 Å². The fraction of sp³-hybridized carbons (Fsp3) is 0.643. The van der Waals surface area contributed by atoms with Crippen LogP contribution in [0.1, 0.15) is 58.8 Å². The molecule has 1 aromatic rings. The highest BCUT2D eigenvalue weighted by atomic mass is 16.6. The summed E-state index contributed by atoms with van der Waals surface area (Å²) in [5, 5.41) is 15.8. The Labute approximate surface area is 124 Å². The van der Waals surface area contributed by atoms with Crippen LogP contribution in [0.5, 0.6) is 0 Å². The summed E-state index contributed by atoms with van der Waals surface area (Å²) in [5.74, 6) is -1.01. The van der Waals surface area contributed by atoms with E-state index in [0.29, 0.717) is 5.69 Å². The SMILES string of the molecule is CC(C)n1nccc1[C@H](CC(=O)O)NC(=O)OC(C)(C)C. The molecule has 21 heavy (non-hydrogen) atoms. The molecule has 2 N–H and O–H groups in total. The van der Waals surface area contributed by atoms with Crippen LogP contribution in [-0.2, 0) is 9.53 Å². The van der Waals surface area contributed by atoms with Crippen LogP contribution in [0.15, 0.2) is 12.3 Å². The van der Waals surface area contributed by atoms with Crippen molar-refractivity contribution in [3.63, 3.8) is 0 Å². The zero-order valence-corrected chi connectivity index (χ0v) is 13.1. The molecule has 0 aliphatic carbocycles. The highest BCUT2D eigenvalue weighted by Gasteiger charge is 2.25. The molecule has 118 valence electrons. The van der Waals surface area contributed by atoms with Gasteiger partial charge in [0.2, 0.25) is 0 Å². The number of carboxylic acid groups (broad SMARTS) is 1. The number of rotatable bonds is 5. The highest BCUT2D eigenvalue weighted by molar-refractivity contribution is 5.72. The van der Waals surface area contributed by atoms with Crippen molar-refractivity contribution < 1.29 is 19.4 Å². The Morgan fingerprint density at radius 1 is 1.43 bits per heavy atom. The van der Waals surface area contributed by atoms with E-state index in [-0.39, 0.29) is 12.5 Å². The summed E-state index contributed by atoms with van der Waals surface area (Å²) >= 11 is 0. The molecule has 0 spiro atoms. The molecule has 1 atom stereocenters. The summed E-state index contributed by atoms with van der Waals surface area (Å²) in [6.07, 6.45) is 0.698. The molecular weight excluding hydrogens is 274 g/mol. The molecule has 7 nitrogen and oxygen atoms in total. The van der Waals surface area contributed by atoms with E-state index in [1.54, 1.807) is 37.7 Å². The number of amides is 1. The maximum absolute atomic E-state index is 11.9. The predicted molar refractivity (Wildman–Crippen MR) is 77.0 cm³/mol. The number of nitrogens with one attached hydrogen (secondary N) is 1. The summed E-state index contributed by atoms with van der Waals surface area (Å²) in [6, 6.07) is 1.07. The number of ether oxygens (including phenoxy) is 1. The largest absolute Gasteiger partial charge is 0.481 e. The van der Waals surface area contributed by atoms with Crippen LogP contribution < -0.4 is 5.32 Å². The molecule has 0 saturated carbocycles. The minimum Gasteiger partial charge on any atom is -0.481 e. The fourth-order valence-electron chi connectivity index (χ4n) is 1.89. The van der Waals surface area contributed by atoms with Crippen LogP contribution in [0.3, 0.4) is 0 Å². The molecule has 1 amide bonds. The van der Waals surface area contributed by atoms with Crippen LogP contribution >= 0.6 is 0 Å². The molecule has 0 unspecified atom stereocenters. The predicted octanol–water partition coefficient (Wildman–Crippen LogP) is 2.50. The fourth-order valence-corrected chi connectivity index (χ4v) is 1.89. The van der Waals surface area contributed by atoms with E-state index < -0.39 is 23.7 Å². The Hall–Kier alpha value is -2.05. The highest BCUT2D eigenvalue weighted by Crippen LogP contribution is 2.20. The van der Waals surface area contributed by atoms with E-state index in [1.165, 1.54) is 0 Å². The molecular formula is C14H23N3O4. The lowest BCUT2D eigenvalue weighted by Gasteiger charge is -2.24. The van der Waals surface area contributed by atoms with Crippen molar-refractivity contribution in [3.05, 3.63) is 18.0 Å². The number of hydrogen-bond donors (Lipinski definition) is 2. The van der Waals surface area contributed by atoms with Gasteiger partial charge in [-0.05, 0) is 40.7 Å².